The van der Waals surface area contributed by atoms with E-state index in [0.29, 0.717) is 0 Å². The van der Waals surface area contributed by atoms with E-state index in [1.807, 2.05) is 36.5 Å². The maximum absolute atomic E-state index is 9.19. The summed E-state index contributed by atoms with van der Waals surface area (Å²) in [7, 11) is 0. The number of benzene rings is 1. The first-order valence-electron chi connectivity index (χ1n) is 5.15. The molecule has 80 valence electrons. The Morgan fingerprint density at radius 1 is 1.12 bits per heavy atom. The topological polar surface area (TPSA) is 33.1 Å². The van der Waals surface area contributed by atoms with Crippen molar-refractivity contribution < 1.29 is 5.11 Å². The van der Waals surface area contributed by atoms with E-state index in [1.165, 1.54) is 0 Å². The largest absolute Gasteiger partial charge is 0.508 e. The average Bonchev–Trinajstić information content (AvgIpc) is 2.32. The van der Waals surface area contributed by atoms with Crippen molar-refractivity contribution in [2.75, 3.05) is 0 Å². The molecule has 2 nitrogen and oxygen atoms in total. The van der Waals surface area contributed by atoms with Gasteiger partial charge in [-0.1, -0.05) is 12.1 Å². The average molecular weight is 211 g/mol. The van der Waals surface area contributed by atoms with Crippen molar-refractivity contribution in [3.05, 3.63) is 60.8 Å². The lowest BCUT2D eigenvalue weighted by atomic mass is 10.1. The summed E-state index contributed by atoms with van der Waals surface area (Å²) in [5.41, 5.74) is 3.06. The van der Waals surface area contributed by atoms with Crippen molar-refractivity contribution in [3.8, 4) is 17.0 Å². The molecule has 0 saturated carbocycles. The van der Waals surface area contributed by atoms with Gasteiger partial charge in [-0.3, -0.25) is 4.98 Å². The van der Waals surface area contributed by atoms with Crippen LogP contribution in [-0.2, 0) is 6.42 Å². The van der Waals surface area contributed by atoms with Crippen LogP contribution in [0.25, 0.3) is 11.3 Å². The second-order valence-corrected chi connectivity index (χ2v) is 3.59. The first-order chi connectivity index (χ1) is 7.79. The molecule has 16 heavy (non-hydrogen) atoms. The Hall–Kier alpha value is -2.09. The molecule has 1 aromatic heterocycles. The zero-order valence-electron chi connectivity index (χ0n) is 8.93. The van der Waals surface area contributed by atoms with Crippen molar-refractivity contribution in [2.45, 2.75) is 6.42 Å². The number of hydrogen-bond donors (Lipinski definition) is 1. The summed E-state index contributed by atoms with van der Waals surface area (Å²) in [6.07, 6.45) is 4.55. The van der Waals surface area contributed by atoms with E-state index < -0.39 is 0 Å². The quantitative estimate of drug-likeness (QED) is 0.791. The third-order valence-electron chi connectivity index (χ3n) is 2.37. The van der Waals surface area contributed by atoms with Crippen molar-refractivity contribution >= 4 is 0 Å². The summed E-state index contributed by atoms with van der Waals surface area (Å²) in [6, 6.07) is 11.0. The van der Waals surface area contributed by atoms with E-state index in [-0.39, 0.29) is 5.75 Å². The highest BCUT2D eigenvalue weighted by atomic mass is 16.3. The number of pyridine rings is 1. The fourth-order valence-corrected chi connectivity index (χ4v) is 1.51. The van der Waals surface area contributed by atoms with Gasteiger partial charge in [-0.2, -0.15) is 0 Å². The maximum atomic E-state index is 9.19. The number of hydrogen-bond acceptors (Lipinski definition) is 2. The van der Waals surface area contributed by atoms with Crippen LogP contribution in [0.4, 0.5) is 0 Å². The lowest BCUT2D eigenvalue weighted by Gasteiger charge is -2.02. The molecule has 2 aromatic rings. The van der Waals surface area contributed by atoms with Gasteiger partial charge in [-0.15, -0.1) is 6.58 Å². The molecule has 2 rings (SSSR count). The SMILES string of the molecule is C=CCc1ccc(-c2ccc(O)cc2)nc1. The number of aromatic nitrogens is 1. The summed E-state index contributed by atoms with van der Waals surface area (Å²) >= 11 is 0. The minimum Gasteiger partial charge on any atom is -0.508 e. The molecule has 2 heteroatoms. The van der Waals surface area contributed by atoms with Crippen LogP contribution in [-0.4, -0.2) is 10.1 Å². The Morgan fingerprint density at radius 3 is 2.44 bits per heavy atom. The van der Waals surface area contributed by atoms with Crippen molar-refractivity contribution in [2.24, 2.45) is 0 Å². The monoisotopic (exact) mass is 211 g/mol. The molecule has 0 aliphatic heterocycles. The van der Waals surface area contributed by atoms with Crippen LogP contribution in [0.15, 0.2) is 55.3 Å². The number of nitrogens with zero attached hydrogens (tertiary/aromatic N) is 1. The van der Waals surface area contributed by atoms with E-state index >= 15 is 0 Å². The van der Waals surface area contributed by atoms with Crippen LogP contribution in [0.1, 0.15) is 5.56 Å². The normalized spacial score (nSPS) is 10.0. The van der Waals surface area contributed by atoms with Crippen LogP contribution in [0.3, 0.4) is 0 Å². The molecule has 0 bridgehead atoms. The summed E-state index contributed by atoms with van der Waals surface area (Å²) in [4.78, 5) is 4.37. The van der Waals surface area contributed by atoms with Gasteiger partial charge in [0.05, 0.1) is 5.69 Å². The molecule has 0 unspecified atom stereocenters. The number of aromatic hydroxyl groups is 1. The molecule has 0 aliphatic carbocycles. The fraction of sp³-hybridized carbons (Fsp3) is 0.0714. The van der Waals surface area contributed by atoms with E-state index in [1.54, 1.807) is 12.1 Å². The third kappa shape index (κ3) is 2.28. The minimum absolute atomic E-state index is 0.270. The zero-order chi connectivity index (χ0) is 11.4. The fourth-order valence-electron chi connectivity index (χ4n) is 1.51. The Kier molecular flexibility index (Phi) is 3.01. The molecular formula is C14H13NO. The Balaban J connectivity index is 2.27. The van der Waals surface area contributed by atoms with Gasteiger partial charge in [0.1, 0.15) is 5.75 Å². The predicted molar refractivity (Wildman–Crippen MR) is 65.2 cm³/mol. The van der Waals surface area contributed by atoms with Gasteiger partial charge < -0.3 is 5.11 Å². The standard InChI is InChI=1S/C14H13NO/c1-2-3-11-4-9-14(15-10-11)12-5-7-13(16)8-6-12/h2,4-10,16H,1,3H2. The molecule has 0 amide bonds. The first-order valence-corrected chi connectivity index (χ1v) is 5.15. The second-order valence-electron chi connectivity index (χ2n) is 3.59. The third-order valence-corrected chi connectivity index (χ3v) is 2.37. The maximum Gasteiger partial charge on any atom is 0.115 e. The molecule has 0 spiro atoms. The van der Waals surface area contributed by atoms with Gasteiger partial charge in [0.25, 0.3) is 0 Å². The summed E-state index contributed by atoms with van der Waals surface area (Å²) in [5, 5.41) is 9.19. The molecule has 1 heterocycles. The van der Waals surface area contributed by atoms with Crippen molar-refractivity contribution in [1.82, 2.24) is 4.98 Å². The van der Waals surface area contributed by atoms with Gasteiger partial charge in [-0.25, -0.2) is 0 Å². The van der Waals surface area contributed by atoms with Gasteiger partial charge in [-0.05, 0) is 42.3 Å². The molecule has 0 saturated heterocycles. The van der Waals surface area contributed by atoms with Crippen molar-refractivity contribution in [3.63, 3.8) is 0 Å². The lowest BCUT2D eigenvalue weighted by Crippen LogP contribution is -1.86. The van der Waals surface area contributed by atoms with E-state index in [4.69, 9.17) is 0 Å². The summed E-state index contributed by atoms with van der Waals surface area (Å²) in [5.74, 6) is 0.270. The Morgan fingerprint density at radius 2 is 1.88 bits per heavy atom. The summed E-state index contributed by atoms with van der Waals surface area (Å²) in [6.45, 7) is 3.69. The molecule has 0 aliphatic rings. The second kappa shape index (κ2) is 4.62. The van der Waals surface area contributed by atoms with E-state index in [9.17, 15) is 5.11 Å². The van der Waals surface area contributed by atoms with Crippen LogP contribution < -0.4 is 0 Å². The number of allylic oxidation sites excluding steroid dienone is 1. The molecule has 1 aromatic carbocycles. The van der Waals surface area contributed by atoms with Gasteiger partial charge in [0, 0.05) is 11.8 Å². The molecule has 0 radical (unpaired) electrons. The van der Waals surface area contributed by atoms with Gasteiger partial charge in [0.15, 0.2) is 0 Å². The molecular weight excluding hydrogens is 198 g/mol. The highest BCUT2D eigenvalue weighted by Gasteiger charge is 1.99. The van der Waals surface area contributed by atoms with Crippen molar-refractivity contribution in [1.29, 1.82) is 0 Å². The molecule has 0 atom stereocenters. The Bertz CT molecular complexity index is 471. The van der Waals surface area contributed by atoms with E-state index in [2.05, 4.69) is 11.6 Å². The highest BCUT2D eigenvalue weighted by Crippen LogP contribution is 2.19. The number of phenolic OH excluding ortho intramolecular Hbond substituents is 1. The predicted octanol–water partition coefficient (Wildman–Crippen LogP) is 3.18. The van der Waals surface area contributed by atoms with Gasteiger partial charge in [0.2, 0.25) is 0 Å². The van der Waals surface area contributed by atoms with Crippen LogP contribution in [0, 0.1) is 0 Å². The lowest BCUT2D eigenvalue weighted by molar-refractivity contribution is 0.475. The van der Waals surface area contributed by atoms with Crippen LogP contribution in [0.5, 0.6) is 5.75 Å². The van der Waals surface area contributed by atoms with E-state index in [0.717, 1.165) is 23.2 Å². The van der Waals surface area contributed by atoms with Crippen LogP contribution in [0.2, 0.25) is 0 Å². The summed E-state index contributed by atoms with van der Waals surface area (Å²) < 4.78 is 0. The van der Waals surface area contributed by atoms with Crippen LogP contribution >= 0.6 is 0 Å². The number of phenols is 1. The first kappa shape index (κ1) is 10.4. The highest BCUT2D eigenvalue weighted by molar-refractivity contribution is 5.59. The molecule has 1 N–H and O–H groups in total. The molecule has 0 fully saturated rings. The Labute approximate surface area is 94.9 Å². The minimum atomic E-state index is 0.270. The van der Waals surface area contributed by atoms with Gasteiger partial charge >= 0.3 is 0 Å². The zero-order valence-corrected chi connectivity index (χ0v) is 8.93. The smallest absolute Gasteiger partial charge is 0.115 e. The number of rotatable bonds is 3.